The monoisotopic (exact) mass is 347 g/mol. The molecule has 1 aromatic carbocycles. The minimum absolute atomic E-state index is 0.633. The Bertz CT molecular complexity index is 630. The number of aryl methyl sites for hydroxylation is 1. The van der Waals surface area contributed by atoms with Crippen molar-refractivity contribution < 1.29 is 0 Å². The molecule has 0 bridgehead atoms. The predicted octanol–water partition coefficient (Wildman–Crippen LogP) is 6.97. The van der Waals surface area contributed by atoms with Gasteiger partial charge in [-0.3, -0.25) is 0 Å². The molecule has 138 valence electrons. The van der Waals surface area contributed by atoms with E-state index in [2.05, 4.69) is 55.5 Å². The summed E-state index contributed by atoms with van der Waals surface area (Å²) in [6.07, 6.45) is 20.4. The summed E-state index contributed by atoms with van der Waals surface area (Å²) in [6, 6.07) is 11.5. The second kappa shape index (κ2) is 9.77. The van der Waals surface area contributed by atoms with Crippen molar-refractivity contribution in [2.75, 3.05) is 0 Å². The van der Waals surface area contributed by atoms with Crippen molar-refractivity contribution in [2.24, 2.45) is 17.8 Å². The van der Waals surface area contributed by atoms with E-state index in [4.69, 9.17) is 5.26 Å². The highest BCUT2D eigenvalue weighted by Crippen LogP contribution is 2.37. The van der Waals surface area contributed by atoms with Crippen LogP contribution in [0.5, 0.6) is 0 Å². The minimum atomic E-state index is 0.633. The van der Waals surface area contributed by atoms with Gasteiger partial charge in [0.15, 0.2) is 0 Å². The highest BCUT2D eigenvalue weighted by Gasteiger charge is 2.22. The summed E-state index contributed by atoms with van der Waals surface area (Å²) in [7, 11) is 0. The first kappa shape index (κ1) is 19.0. The third-order valence-corrected chi connectivity index (χ3v) is 6.55. The maximum Gasteiger partial charge on any atom is 0.0908 e. The molecular formula is C25H33N. The number of nitriles is 1. The van der Waals surface area contributed by atoms with Crippen LogP contribution < -0.4 is 0 Å². The Morgan fingerprint density at radius 1 is 0.808 bits per heavy atom. The van der Waals surface area contributed by atoms with Crippen LogP contribution in [0.3, 0.4) is 0 Å². The summed E-state index contributed by atoms with van der Waals surface area (Å²) >= 11 is 0. The lowest BCUT2D eigenvalue weighted by Crippen LogP contribution is -2.14. The van der Waals surface area contributed by atoms with Crippen LogP contribution in [-0.2, 0) is 6.42 Å². The Labute approximate surface area is 159 Å². The second-order valence-electron chi connectivity index (χ2n) is 8.25. The maximum atomic E-state index is 8.64. The van der Waals surface area contributed by atoms with Gasteiger partial charge in [-0.25, -0.2) is 0 Å². The van der Waals surface area contributed by atoms with Gasteiger partial charge in [-0.2, -0.15) is 5.26 Å². The molecule has 0 aliphatic heterocycles. The third-order valence-electron chi connectivity index (χ3n) is 6.55. The van der Waals surface area contributed by atoms with Crippen LogP contribution in [-0.4, -0.2) is 0 Å². The zero-order valence-electron chi connectivity index (χ0n) is 16.2. The standard InChI is InChI=1S/C25H33N/c1-2-20-11-15-24(16-12-20)25-17-13-23(14-18-25)10-9-22-7-5-21(6-8-22)4-3-19-26/h3-4,9-12,15-16,21-23,25H,2,5-8,13-14,17-18H2,1H3/b4-3?,10-9+/t21-,22-,23-,25-. The predicted molar refractivity (Wildman–Crippen MR) is 110 cm³/mol. The fourth-order valence-corrected chi connectivity index (χ4v) is 4.69. The van der Waals surface area contributed by atoms with E-state index in [1.54, 1.807) is 11.6 Å². The van der Waals surface area contributed by atoms with Crippen molar-refractivity contribution in [2.45, 2.75) is 70.6 Å². The lowest BCUT2D eigenvalue weighted by atomic mass is 9.77. The molecule has 0 radical (unpaired) electrons. The largest absolute Gasteiger partial charge is 0.193 e. The molecule has 1 nitrogen and oxygen atoms in total. The molecule has 0 spiro atoms. The van der Waals surface area contributed by atoms with Gasteiger partial charge >= 0.3 is 0 Å². The van der Waals surface area contributed by atoms with Crippen molar-refractivity contribution in [3.8, 4) is 6.07 Å². The summed E-state index contributed by atoms with van der Waals surface area (Å²) in [5, 5.41) is 8.64. The van der Waals surface area contributed by atoms with Gasteiger partial charge in [0.2, 0.25) is 0 Å². The minimum Gasteiger partial charge on any atom is -0.193 e. The molecule has 2 fully saturated rings. The average Bonchev–Trinajstić information content (AvgIpc) is 2.72. The Balaban J connectivity index is 1.42. The SMILES string of the molecule is CCc1ccc([C@H]2CC[C@H](/C=C/[C@H]3CC[C@H](C=CC#N)CC3)CC2)cc1. The lowest BCUT2D eigenvalue weighted by molar-refractivity contribution is 0.348. The highest BCUT2D eigenvalue weighted by atomic mass is 14.3. The average molecular weight is 348 g/mol. The second-order valence-corrected chi connectivity index (χ2v) is 8.25. The summed E-state index contributed by atoms with van der Waals surface area (Å²) in [4.78, 5) is 0. The summed E-state index contributed by atoms with van der Waals surface area (Å²) in [5.41, 5.74) is 3.00. The number of allylic oxidation sites excluding steroid dienone is 4. The summed E-state index contributed by atoms with van der Waals surface area (Å²) in [6.45, 7) is 2.22. The topological polar surface area (TPSA) is 23.8 Å². The van der Waals surface area contributed by atoms with E-state index in [1.807, 2.05) is 0 Å². The molecule has 0 heterocycles. The molecular weight excluding hydrogens is 314 g/mol. The zero-order chi connectivity index (χ0) is 18.2. The van der Waals surface area contributed by atoms with E-state index >= 15 is 0 Å². The molecule has 1 heteroatoms. The van der Waals surface area contributed by atoms with Crippen molar-refractivity contribution in [1.29, 1.82) is 5.26 Å². The van der Waals surface area contributed by atoms with Crippen LogP contribution in [0.15, 0.2) is 48.6 Å². The van der Waals surface area contributed by atoms with E-state index in [0.717, 1.165) is 24.2 Å². The highest BCUT2D eigenvalue weighted by molar-refractivity contribution is 5.26. The first-order chi connectivity index (χ1) is 12.8. The molecule has 2 saturated carbocycles. The van der Waals surface area contributed by atoms with Gasteiger partial charge in [-0.05, 0) is 92.6 Å². The number of rotatable bonds is 5. The van der Waals surface area contributed by atoms with Gasteiger partial charge in [-0.1, -0.05) is 49.4 Å². The Morgan fingerprint density at radius 2 is 1.31 bits per heavy atom. The number of hydrogen-bond donors (Lipinski definition) is 0. The number of nitrogens with zero attached hydrogens (tertiary/aromatic N) is 1. The maximum absolute atomic E-state index is 8.64. The molecule has 0 amide bonds. The van der Waals surface area contributed by atoms with E-state index in [0.29, 0.717) is 5.92 Å². The van der Waals surface area contributed by atoms with Crippen molar-refractivity contribution in [1.82, 2.24) is 0 Å². The fraction of sp³-hybridized carbons (Fsp3) is 0.560. The van der Waals surface area contributed by atoms with Crippen molar-refractivity contribution >= 4 is 0 Å². The van der Waals surface area contributed by atoms with E-state index in [-0.39, 0.29) is 0 Å². The van der Waals surface area contributed by atoms with Gasteiger partial charge < -0.3 is 0 Å². The number of hydrogen-bond acceptors (Lipinski definition) is 1. The Hall–Kier alpha value is -1.81. The van der Waals surface area contributed by atoms with E-state index in [9.17, 15) is 0 Å². The van der Waals surface area contributed by atoms with E-state index < -0.39 is 0 Å². The first-order valence-corrected chi connectivity index (χ1v) is 10.6. The lowest BCUT2D eigenvalue weighted by Gasteiger charge is -2.28. The summed E-state index contributed by atoms with van der Waals surface area (Å²) in [5.74, 6) is 2.96. The summed E-state index contributed by atoms with van der Waals surface area (Å²) < 4.78 is 0. The molecule has 0 unspecified atom stereocenters. The molecule has 2 aliphatic rings. The van der Waals surface area contributed by atoms with Gasteiger partial charge in [-0.15, -0.1) is 0 Å². The molecule has 26 heavy (non-hydrogen) atoms. The number of benzene rings is 1. The van der Waals surface area contributed by atoms with Crippen LogP contribution in [0.4, 0.5) is 0 Å². The molecule has 2 aliphatic carbocycles. The molecule has 3 rings (SSSR count). The molecule has 0 N–H and O–H groups in total. The fourth-order valence-electron chi connectivity index (χ4n) is 4.69. The van der Waals surface area contributed by atoms with Crippen LogP contribution in [0.2, 0.25) is 0 Å². The Morgan fingerprint density at radius 3 is 1.81 bits per heavy atom. The van der Waals surface area contributed by atoms with Gasteiger partial charge in [0, 0.05) is 6.08 Å². The van der Waals surface area contributed by atoms with Crippen LogP contribution in [0.25, 0.3) is 0 Å². The van der Waals surface area contributed by atoms with E-state index in [1.165, 1.54) is 56.9 Å². The van der Waals surface area contributed by atoms with Gasteiger partial charge in [0.1, 0.15) is 0 Å². The molecule has 0 saturated heterocycles. The van der Waals surface area contributed by atoms with Crippen LogP contribution >= 0.6 is 0 Å². The van der Waals surface area contributed by atoms with Crippen molar-refractivity contribution in [3.63, 3.8) is 0 Å². The normalized spacial score (nSPS) is 29.8. The van der Waals surface area contributed by atoms with Crippen LogP contribution in [0.1, 0.15) is 75.3 Å². The van der Waals surface area contributed by atoms with Gasteiger partial charge in [0.05, 0.1) is 6.07 Å². The zero-order valence-corrected chi connectivity index (χ0v) is 16.2. The third kappa shape index (κ3) is 5.34. The quantitative estimate of drug-likeness (QED) is 0.417. The molecule has 0 aromatic heterocycles. The molecule has 1 aromatic rings. The van der Waals surface area contributed by atoms with Gasteiger partial charge in [0.25, 0.3) is 0 Å². The smallest absolute Gasteiger partial charge is 0.0908 e. The Kier molecular flexibility index (Phi) is 7.13. The van der Waals surface area contributed by atoms with Crippen molar-refractivity contribution in [3.05, 3.63) is 59.7 Å². The van der Waals surface area contributed by atoms with Crippen LogP contribution in [0, 0.1) is 29.1 Å². The molecule has 0 atom stereocenters. The first-order valence-electron chi connectivity index (χ1n) is 10.6.